The fraction of sp³-hybridized carbons (Fsp3) is 0.174. The average molecular weight is 421 g/mol. The number of hydrogen-bond acceptors (Lipinski definition) is 5. The zero-order chi connectivity index (χ0) is 21.1. The molecule has 7 heteroatoms. The molecule has 4 aromatic rings. The molecule has 2 aromatic carbocycles. The number of nitrogens with zero attached hydrogens (tertiary/aromatic N) is 3. The molecule has 2 heterocycles. The van der Waals surface area contributed by atoms with Crippen molar-refractivity contribution in [2.75, 3.05) is 11.9 Å². The number of nitrogens with one attached hydrogen (secondary N) is 1. The second kappa shape index (κ2) is 8.55. The van der Waals surface area contributed by atoms with Crippen molar-refractivity contribution < 1.29 is 4.84 Å². The summed E-state index contributed by atoms with van der Waals surface area (Å²) in [6, 6.07) is 18.6. The lowest BCUT2D eigenvalue weighted by Crippen LogP contribution is -2.31. The molecule has 1 N–H and O–H groups in total. The number of aromatic nitrogens is 3. The lowest BCUT2D eigenvalue weighted by Gasteiger charge is -2.15. The number of benzene rings is 2. The van der Waals surface area contributed by atoms with E-state index >= 15 is 0 Å². The van der Waals surface area contributed by atoms with Gasteiger partial charge in [0.05, 0.1) is 5.56 Å². The van der Waals surface area contributed by atoms with Crippen LogP contribution in [0.25, 0.3) is 22.2 Å². The normalized spacial score (nSPS) is 11.1. The van der Waals surface area contributed by atoms with Crippen molar-refractivity contribution in [3.05, 3.63) is 82.2 Å². The van der Waals surface area contributed by atoms with Crippen molar-refractivity contribution in [3.63, 3.8) is 0 Å². The van der Waals surface area contributed by atoms with Crippen molar-refractivity contribution in [1.29, 1.82) is 0 Å². The van der Waals surface area contributed by atoms with Gasteiger partial charge in [-0.25, -0.2) is 4.98 Å². The van der Waals surface area contributed by atoms with Gasteiger partial charge >= 0.3 is 0 Å². The van der Waals surface area contributed by atoms with Gasteiger partial charge in [0, 0.05) is 27.9 Å². The number of halogens is 1. The minimum Gasteiger partial charge on any atom is -0.408 e. The molecule has 0 spiro atoms. The largest absolute Gasteiger partial charge is 0.408 e. The Balaban J connectivity index is 1.87. The van der Waals surface area contributed by atoms with E-state index in [0.29, 0.717) is 39.7 Å². The molecule has 2 aromatic heterocycles. The fourth-order valence-electron chi connectivity index (χ4n) is 3.00. The predicted molar refractivity (Wildman–Crippen MR) is 120 cm³/mol. The second-order valence-electron chi connectivity index (χ2n) is 7.29. The van der Waals surface area contributed by atoms with Gasteiger partial charge < -0.3 is 10.2 Å². The molecule has 152 valence electrons. The third-order valence-electron chi connectivity index (χ3n) is 4.43. The highest BCUT2D eigenvalue weighted by molar-refractivity contribution is 6.33. The molecule has 0 amide bonds. The van der Waals surface area contributed by atoms with E-state index in [1.54, 1.807) is 18.3 Å². The summed E-state index contributed by atoms with van der Waals surface area (Å²) in [4.78, 5) is 28.1. The average Bonchev–Trinajstić information content (AvgIpc) is 2.74. The van der Waals surface area contributed by atoms with Crippen LogP contribution in [0, 0.1) is 5.92 Å². The Kier molecular flexibility index (Phi) is 5.68. The Morgan fingerprint density at radius 3 is 2.53 bits per heavy atom. The van der Waals surface area contributed by atoms with Crippen LogP contribution in [0.5, 0.6) is 0 Å². The summed E-state index contributed by atoms with van der Waals surface area (Å²) in [5, 5.41) is 4.31. The Hall–Kier alpha value is -3.38. The predicted octanol–water partition coefficient (Wildman–Crippen LogP) is 4.94. The van der Waals surface area contributed by atoms with Gasteiger partial charge in [0.15, 0.2) is 5.65 Å². The first-order chi connectivity index (χ1) is 14.5. The summed E-state index contributed by atoms with van der Waals surface area (Å²) in [6.45, 7) is 4.40. The zero-order valence-corrected chi connectivity index (χ0v) is 17.4. The topological polar surface area (TPSA) is 69.0 Å². The molecule has 0 unspecified atom stereocenters. The summed E-state index contributed by atoms with van der Waals surface area (Å²) in [6.07, 6.45) is 1.67. The first-order valence-corrected chi connectivity index (χ1v) is 10.0. The number of hydrogen-bond donors (Lipinski definition) is 1. The molecule has 0 aliphatic carbocycles. The highest BCUT2D eigenvalue weighted by atomic mass is 35.5. The van der Waals surface area contributed by atoms with Gasteiger partial charge in [0.2, 0.25) is 5.95 Å². The van der Waals surface area contributed by atoms with E-state index in [1.165, 1.54) is 4.73 Å². The minimum atomic E-state index is -0.319. The van der Waals surface area contributed by atoms with Crippen molar-refractivity contribution >= 4 is 34.3 Å². The number of rotatable bonds is 6. The summed E-state index contributed by atoms with van der Waals surface area (Å²) < 4.78 is 1.24. The van der Waals surface area contributed by atoms with E-state index in [-0.39, 0.29) is 11.5 Å². The monoisotopic (exact) mass is 420 g/mol. The van der Waals surface area contributed by atoms with Crippen molar-refractivity contribution in [1.82, 2.24) is 14.7 Å². The van der Waals surface area contributed by atoms with E-state index in [9.17, 15) is 4.79 Å². The van der Waals surface area contributed by atoms with Gasteiger partial charge in [-0.1, -0.05) is 61.8 Å². The number of fused-ring (bicyclic) bond motifs is 1. The van der Waals surface area contributed by atoms with Gasteiger partial charge in [0.1, 0.15) is 6.61 Å². The third kappa shape index (κ3) is 4.14. The molecule has 0 radical (unpaired) electrons. The van der Waals surface area contributed by atoms with Crippen LogP contribution in [-0.4, -0.2) is 21.3 Å². The van der Waals surface area contributed by atoms with Crippen molar-refractivity contribution in [2.24, 2.45) is 5.92 Å². The SMILES string of the molecule is CC(C)COn1c(=O)c(-c2ccccc2Cl)cc2cnc(Nc3ccccc3)nc21. The van der Waals surface area contributed by atoms with Crippen LogP contribution in [-0.2, 0) is 0 Å². The van der Waals surface area contributed by atoms with E-state index in [1.807, 2.05) is 62.4 Å². The highest BCUT2D eigenvalue weighted by Crippen LogP contribution is 2.27. The Morgan fingerprint density at radius 1 is 1.07 bits per heavy atom. The summed E-state index contributed by atoms with van der Waals surface area (Å²) in [5.74, 6) is 0.611. The molecule has 0 aliphatic rings. The third-order valence-corrected chi connectivity index (χ3v) is 4.76. The molecule has 0 saturated heterocycles. The zero-order valence-electron chi connectivity index (χ0n) is 16.7. The van der Waals surface area contributed by atoms with E-state index < -0.39 is 0 Å². The Labute approximate surface area is 179 Å². The smallest absolute Gasteiger partial charge is 0.293 e. The van der Waals surface area contributed by atoms with Crippen LogP contribution in [0.2, 0.25) is 5.02 Å². The number of pyridine rings is 1. The summed E-state index contributed by atoms with van der Waals surface area (Å²) in [7, 11) is 0. The number of anilines is 2. The first kappa shape index (κ1) is 19.9. The van der Waals surface area contributed by atoms with Crippen LogP contribution < -0.4 is 15.7 Å². The van der Waals surface area contributed by atoms with E-state index in [0.717, 1.165) is 5.69 Å². The Bertz CT molecular complexity index is 1240. The maximum atomic E-state index is 13.3. The second-order valence-corrected chi connectivity index (χ2v) is 7.70. The Morgan fingerprint density at radius 2 is 1.80 bits per heavy atom. The molecule has 0 aliphatic heterocycles. The van der Waals surface area contributed by atoms with E-state index in [2.05, 4.69) is 15.3 Å². The maximum absolute atomic E-state index is 13.3. The van der Waals surface area contributed by atoms with Gasteiger partial charge in [0.25, 0.3) is 5.56 Å². The lowest BCUT2D eigenvalue weighted by molar-refractivity contribution is 0.0899. The van der Waals surface area contributed by atoms with Crippen LogP contribution in [0.1, 0.15) is 13.8 Å². The fourth-order valence-corrected chi connectivity index (χ4v) is 3.23. The van der Waals surface area contributed by atoms with Crippen LogP contribution in [0.3, 0.4) is 0 Å². The molecular formula is C23H21ClN4O2. The molecule has 4 rings (SSSR count). The number of para-hydroxylation sites is 1. The quantitative estimate of drug-likeness (QED) is 0.478. The van der Waals surface area contributed by atoms with Gasteiger partial charge in [-0.2, -0.15) is 4.98 Å². The molecule has 6 nitrogen and oxygen atoms in total. The highest BCUT2D eigenvalue weighted by Gasteiger charge is 2.16. The standard InChI is InChI=1S/C23H21ClN4O2/c1-15(2)14-30-28-21-16(12-19(22(28)29)18-10-6-7-11-20(18)24)13-25-23(27-21)26-17-8-4-3-5-9-17/h3-13,15H,14H2,1-2H3,(H,25,26,27). The van der Waals surface area contributed by atoms with Gasteiger partial charge in [-0.05, 0) is 30.2 Å². The minimum absolute atomic E-state index is 0.236. The van der Waals surface area contributed by atoms with E-state index in [4.69, 9.17) is 16.4 Å². The molecule has 0 bridgehead atoms. The molecule has 0 saturated carbocycles. The van der Waals surface area contributed by atoms with Crippen LogP contribution in [0.4, 0.5) is 11.6 Å². The maximum Gasteiger partial charge on any atom is 0.293 e. The molecule has 30 heavy (non-hydrogen) atoms. The van der Waals surface area contributed by atoms with Crippen LogP contribution in [0.15, 0.2) is 71.7 Å². The van der Waals surface area contributed by atoms with Gasteiger partial charge in [-0.3, -0.25) is 4.79 Å². The van der Waals surface area contributed by atoms with Crippen molar-refractivity contribution in [2.45, 2.75) is 13.8 Å². The molecule has 0 atom stereocenters. The summed E-state index contributed by atoms with van der Waals surface area (Å²) >= 11 is 6.35. The molecule has 0 fully saturated rings. The first-order valence-electron chi connectivity index (χ1n) is 9.66. The van der Waals surface area contributed by atoms with Gasteiger partial charge in [-0.15, -0.1) is 4.73 Å². The van der Waals surface area contributed by atoms with Crippen LogP contribution >= 0.6 is 11.6 Å². The molecular weight excluding hydrogens is 400 g/mol. The lowest BCUT2D eigenvalue weighted by atomic mass is 10.1. The summed E-state index contributed by atoms with van der Waals surface area (Å²) in [5.41, 5.74) is 2.00. The van der Waals surface area contributed by atoms with Crippen molar-refractivity contribution in [3.8, 4) is 11.1 Å².